The summed E-state index contributed by atoms with van der Waals surface area (Å²) in [5.74, 6) is 2.09. The Hall–Kier alpha value is -2.32. The minimum Gasteiger partial charge on any atom is -0.454 e. The van der Waals surface area contributed by atoms with Crippen LogP contribution in [0.15, 0.2) is 41.4 Å². The maximum atomic E-state index is 12.5. The molecular weight excluding hydrogens is 366 g/mol. The molecule has 4 rings (SSSR count). The van der Waals surface area contributed by atoms with Gasteiger partial charge in [0.25, 0.3) is 0 Å². The summed E-state index contributed by atoms with van der Waals surface area (Å²) < 4.78 is 38.4. The SMILES string of the molecule is CC(Nc1ccc(S(=O)(=O)NC2CCCC2)cn1)c1ccc2c(c1)OCO2. The summed E-state index contributed by atoms with van der Waals surface area (Å²) >= 11 is 0. The van der Waals surface area contributed by atoms with Crippen LogP contribution in [0, 0.1) is 0 Å². The maximum Gasteiger partial charge on any atom is 0.242 e. The lowest BCUT2D eigenvalue weighted by Crippen LogP contribution is -2.32. The van der Waals surface area contributed by atoms with E-state index in [0.29, 0.717) is 5.82 Å². The molecule has 0 radical (unpaired) electrons. The Balaban J connectivity index is 1.42. The molecular formula is C19H23N3O4S. The molecule has 8 heteroatoms. The summed E-state index contributed by atoms with van der Waals surface area (Å²) in [5, 5.41) is 3.28. The van der Waals surface area contributed by atoms with Crippen LogP contribution in [0.1, 0.15) is 44.2 Å². The van der Waals surface area contributed by atoms with E-state index < -0.39 is 10.0 Å². The molecule has 2 aliphatic rings. The van der Waals surface area contributed by atoms with E-state index in [1.165, 1.54) is 6.20 Å². The monoisotopic (exact) mass is 389 g/mol. The highest BCUT2D eigenvalue weighted by Crippen LogP contribution is 2.34. The fourth-order valence-electron chi connectivity index (χ4n) is 3.44. The van der Waals surface area contributed by atoms with Crippen LogP contribution in [0.3, 0.4) is 0 Å². The number of rotatable bonds is 6. The van der Waals surface area contributed by atoms with Gasteiger partial charge in [-0.05, 0) is 49.6 Å². The first-order chi connectivity index (χ1) is 13.0. The van der Waals surface area contributed by atoms with Crippen molar-refractivity contribution >= 4 is 15.8 Å². The molecule has 2 aromatic rings. The van der Waals surface area contributed by atoms with E-state index in [4.69, 9.17) is 9.47 Å². The molecule has 27 heavy (non-hydrogen) atoms. The number of nitrogens with one attached hydrogen (secondary N) is 2. The average Bonchev–Trinajstić information content (AvgIpc) is 3.32. The smallest absolute Gasteiger partial charge is 0.242 e. The molecule has 1 saturated carbocycles. The summed E-state index contributed by atoms with van der Waals surface area (Å²) in [6.07, 6.45) is 5.35. The van der Waals surface area contributed by atoms with Gasteiger partial charge >= 0.3 is 0 Å². The zero-order chi connectivity index (χ0) is 18.9. The molecule has 1 aliphatic carbocycles. The number of nitrogens with zero attached hydrogens (tertiary/aromatic N) is 1. The van der Waals surface area contributed by atoms with E-state index in [-0.39, 0.29) is 23.8 Å². The molecule has 1 aromatic heterocycles. The second-order valence-corrected chi connectivity index (χ2v) is 8.67. The Kier molecular flexibility index (Phi) is 4.92. The number of aromatic nitrogens is 1. The Morgan fingerprint density at radius 2 is 1.89 bits per heavy atom. The van der Waals surface area contributed by atoms with E-state index in [1.54, 1.807) is 12.1 Å². The Morgan fingerprint density at radius 3 is 2.63 bits per heavy atom. The van der Waals surface area contributed by atoms with Crippen LogP contribution in [0.25, 0.3) is 0 Å². The number of sulfonamides is 1. The van der Waals surface area contributed by atoms with Crippen molar-refractivity contribution in [3.8, 4) is 11.5 Å². The highest BCUT2D eigenvalue weighted by Gasteiger charge is 2.23. The third-order valence-electron chi connectivity index (χ3n) is 4.98. The van der Waals surface area contributed by atoms with Gasteiger partial charge in [-0.2, -0.15) is 0 Å². The van der Waals surface area contributed by atoms with Gasteiger partial charge in [0, 0.05) is 12.2 Å². The van der Waals surface area contributed by atoms with Gasteiger partial charge in [-0.25, -0.2) is 18.1 Å². The molecule has 1 aliphatic heterocycles. The lowest BCUT2D eigenvalue weighted by Gasteiger charge is -2.16. The van der Waals surface area contributed by atoms with Gasteiger partial charge in [0.05, 0.1) is 6.04 Å². The molecule has 1 fully saturated rings. The van der Waals surface area contributed by atoms with Crippen molar-refractivity contribution in [3.05, 3.63) is 42.1 Å². The fourth-order valence-corrected chi connectivity index (χ4v) is 4.69. The predicted molar refractivity (Wildman–Crippen MR) is 101 cm³/mol. The molecule has 1 unspecified atom stereocenters. The first kappa shape index (κ1) is 18.1. The van der Waals surface area contributed by atoms with Crippen molar-refractivity contribution in [1.29, 1.82) is 0 Å². The largest absolute Gasteiger partial charge is 0.454 e. The van der Waals surface area contributed by atoms with Crippen molar-refractivity contribution in [1.82, 2.24) is 9.71 Å². The van der Waals surface area contributed by atoms with Crippen molar-refractivity contribution in [3.63, 3.8) is 0 Å². The van der Waals surface area contributed by atoms with Gasteiger partial charge < -0.3 is 14.8 Å². The van der Waals surface area contributed by atoms with E-state index in [9.17, 15) is 8.42 Å². The van der Waals surface area contributed by atoms with Gasteiger partial charge in [0.2, 0.25) is 16.8 Å². The first-order valence-corrected chi connectivity index (χ1v) is 10.6. The zero-order valence-electron chi connectivity index (χ0n) is 15.1. The second-order valence-electron chi connectivity index (χ2n) is 6.96. The molecule has 2 N–H and O–H groups in total. The second kappa shape index (κ2) is 7.36. The maximum absolute atomic E-state index is 12.5. The van der Waals surface area contributed by atoms with E-state index in [0.717, 1.165) is 42.7 Å². The summed E-state index contributed by atoms with van der Waals surface area (Å²) in [4.78, 5) is 4.46. The van der Waals surface area contributed by atoms with E-state index in [2.05, 4.69) is 15.0 Å². The van der Waals surface area contributed by atoms with E-state index >= 15 is 0 Å². The van der Waals surface area contributed by atoms with Crippen molar-refractivity contribution in [2.45, 2.75) is 49.6 Å². The lowest BCUT2D eigenvalue weighted by molar-refractivity contribution is 0.174. The molecule has 0 amide bonds. The minimum atomic E-state index is -3.52. The standard InChI is InChI=1S/C19H23N3O4S/c1-13(14-6-8-17-18(10-14)26-12-25-17)21-19-9-7-16(11-20-19)27(23,24)22-15-4-2-3-5-15/h6-11,13,15,22H,2-5,12H2,1H3,(H,20,21). The molecule has 1 aromatic carbocycles. The van der Waals surface area contributed by atoms with Crippen LogP contribution in [0.4, 0.5) is 5.82 Å². The number of anilines is 1. The molecule has 144 valence electrons. The normalized spacial score (nSPS) is 17.8. The Bertz CT molecular complexity index is 909. The number of pyridine rings is 1. The van der Waals surface area contributed by atoms with Gasteiger partial charge in [0.1, 0.15) is 10.7 Å². The summed E-state index contributed by atoms with van der Waals surface area (Å²) in [5.41, 5.74) is 1.03. The molecule has 1 atom stereocenters. The Morgan fingerprint density at radius 1 is 1.11 bits per heavy atom. The fraction of sp³-hybridized carbons (Fsp3) is 0.421. The number of benzene rings is 1. The minimum absolute atomic E-state index is 0.0222. The van der Waals surface area contributed by atoms with Crippen LogP contribution >= 0.6 is 0 Å². The number of hydrogen-bond acceptors (Lipinski definition) is 6. The molecule has 7 nitrogen and oxygen atoms in total. The van der Waals surface area contributed by atoms with Crippen LogP contribution in [0.5, 0.6) is 11.5 Å². The molecule has 2 heterocycles. The van der Waals surface area contributed by atoms with Crippen LogP contribution in [-0.4, -0.2) is 26.2 Å². The highest BCUT2D eigenvalue weighted by atomic mass is 32.2. The number of hydrogen-bond donors (Lipinski definition) is 2. The van der Waals surface area contributed by atoms with Gasteiger partial charge in [-0.3, -0.25) is 0 Å². The predicted octanol–water partition coefficient (Wildman–Crippen LogP) is 3.20. The third-order valence-corrected chi connectivity index (χ3v) is 6.49. The number of ether oxygens (including phenoxy) is 2. The van der Waals surface area contributed by atoms with Gasteiger partial charge in [0.15, 0.2) is 11.5 Å². The average molecular weight is 389 g/mol. The first-order valence-electron chi connectivity index (χ1n) is 9.16. The molecule has 0 spiro atoms. The van der Waals surface area contributed by atoms with Gasteiger partial charge in [-0.15, -0.1) is 0 Å². The summed E-state index contributed by atoms with van der Waals surface area (Å²) in [7, 11) is -3.52. The number of fused-ring (bicyclic) bond motifs is 1. The highest BCUT2D eigenvalue weighted by molar-refractivity contribution is 7.89. The van der Waals surface area contributed by atoms with Gasteiger partial charge in [-0.1, -0.05) is 18.9 Å². The summed E-state index contributed by atoms with van der Waals surface area (Å²) in [6, 6.07) is 9.07. The van der Waals surface area contributed by atoms with Crippen LogP contribution in [0.2, 0.25) is 0 Å². The quantitative estimate of drug-likeness (QED) is 0.789. The molecule has 0 bridgehead atoms. The van der Waals surface area contributed by atoms with Crippen molar-refractivity contribution in [2.24, 2.45) is 0 Å². The zero-order valence-corrected chi connectivity index (χ0v) is 16.0. The van der Waals surface area contributed by atoms with Crippen molar-refractivity contribution < 1.29 is 17.9 Å². The summed E-state index contributed by atoms with van der Waals surface area (Å²) in [6.45, 7) is 2.25. The topological polar surface area (TPSA) is 89.6 Å². The van der Waals surface area contributed by atoms with E-state index in [1.807, 2.05) is 25.1 Å². The Labute approximate surface area is 159 Å². The third kappa shape index (κ3) is 4.01. The lowest BCUT2D eigenvalue weighted by atomic mass is 10.1. The van der Waals surface area contributed by atoms with Crippen molar-refractivity contribution in [2.75, 3.05) is 12.1 Å². The van der Waals surface area contributed by atoms with Crippen LogP contribution < -0.4 is 19.5 Å². The molecule has 0 saturated heterocycles. The van der Waals surface area contributed by atoms with Crippen LogP contribution in [-0.2, 0) is 10.0 Å².